The van der Waals surface area contributed by atoms with Crippen molar-refractivity contribution in [2.45, 2.75) is 84.5 Å². The molecule has 0 N–H and O–H groups in total. The van der Waals surface area contributed by atoms with E-state index in [1.807, 2.05) is 0 Å². The number of carbonyl (C=O) groups excluding carboxylic acids is 1. The average Bonchev–Trinajstić information content (AvgIpc) is 2.53. The zero-order valence-corrected chi connectivity index (χ0v) is 14.9. The van der Waals surface area contributed by atoms with Crippen LogP contribution in [0.25, 0.3) is 0 Å². The summed E-state index contributed by atoms with van der Waals surface area (Å²) in [5.41, 5.74) is 0. The van der Waals surface area contributed by atoms with Crippen LogP contribution in [-0.2, 0) is 9.53 Å². The Bertz CT molecular complexity index is 275. The van der Waals surface area contributed by atoms with Gasteiger partial charge >= 0.3 is 5.97 Å². The summed E-state index contributed by atoms with van der Waals surface area (Å²) in [7, 11) is 0. The van der Waals surface area contributed by atoms with Gasteiger partial charge in [0, 0.05) is 0 Å². The normalized spacial score (nSPS) is 17.4. The summed E-state index contributed by atoms with van der Waals surface area (Å²) in [5, 5.41) is 0. The molecule has 1 atom stereocenters. The molecule has 1 aliphatic rings. The molecule has 130 valence electrons. The number of unbranched alkanes of at least 4 members (excludes halogenated alkanes) is 6. The minimum Gasteiger partial charge on any atom is -0.464 e. The second-order valence-electron chi connectivity index (χ2n) is 7.03. The number of ether oxygens (including phenoxy) is 1. The first-order valence-electron chi connectivity index (χ1n) is 9.60. The second kappa shape index (κ2) is 12.9. The first kappa shape index (κ1) is 19.5. The monoisotopic (exact) mass is 311 g/mol. The van der Waals surface area contributed by atoms with Gasteiger partial charge < -0.3 is 4.74 Å². The summed E-state index contributed by atoms with van der Waals surface area (Å²) < 4.78 is 5.44. The van der Waals surface area contributed by atoms with E-state index in [1.54, 1.807) is 0 Å². The molecule has 1 heterocycles. The molecule has 0 spiro atoms. The Hall–Kier alpha value is -0.570. The molecule has 1 aliphatic heterocycles. The Morgan fingerprint density at radius 1 is 1.00 bits per heavy atom. The number of nitrogens with zero attached hydrogens (tertiary/aromatic N) is 1. The summed E-state index contributed by atoms with van der Waals surface area (Å²) in [6.45, 7) is 7.66. The molecule has 0 radical (unpaired) electrons. The summed E-state index contributed by atoms with van der Waals surface area (Å²) in [6, 6.07) is 0. The first-order chi connectivity index (χ1) is 10.7. The lowest BCUT2D eigenvalue weighted by Gasteiger charge is -2.25. The van der Waals surface area contributed by atoms with Gasteiger partial charge in [-0.05, 0) is 38.3 Å². The SMILES string of the molecule is CCCCCCCCC[C@H](C)COC(=O)CN1CCCCC1. The Morgan fingerprint density at radius 2 is 1.64 bits per heavy atom. The van der Waals surface area contributed by atoms with Crippen LogP contribution in [0.5, 0.6) is 0 Å². The number of carbonyl (C=O) groups is 1. The molecule has 1 fully saturated rings. The summed E-state index contributed by atoms with van der Waals surface area (Å²) in [6.07, 6.45) is 14.4. The largest absolute Gasteiger partial charge is 0.464 e. The van der Waals surface area contributed by atoms with E-state index >= 15 is 0 Å². The highest BCUT2D eigenvalue weighted by Crippen LogP contribution is 2.13. The molecular weight excluding hydrogens is 274 g/mol. The fourth-order valence-electron chi connectivity index (χ4n) is 3.11. The Balaban J connectivity index is 1.93. The van der Waals surface area contributed by atoms with Gasteiger partial charge in [-0.15, -0.1) is 0 Å². The molecule has 0 aliphatic carbocycles. The highest BCUT2D eigenvalue weighted by atomic mass is 16.5. The summed E-state index contributed by atoms with van der Waals surface area (Å²) >= 11 is 0. The maximum atomic E-state index is 11.8. The van der Waals surface area contributed by atoms with E-state index in [-0.39, 0.29) is 5.97 Å². The number of likely N-dealkylation sites (tertiary alicyclic amines) is 1. The van der Waals surface area contributed by atoms with Crippen LogP contribution in [-0.4, -0.2) is 37.1 Å². The average molecular weight is 312 g/mol. The molecule has 3 nitrogen and oxygen atoms in total. The van der Waals surface area contributed by atoms with Crippen molar-refractivity contribution >= 4 is 5.97 Å². The van der Waals surface area contributed by atoms with Crippen molar-refractivity contribution in [3.05, 3.63) is 0 Å². The molecular formula is C19H37NO2. The van der Waals surface area contributed by atoms with Gasteiger partial charge in [-0.1, -0.05) is 65.2 Å². The highest BCUT2D eigenvalue weighted by molar-refractivity contribution is 5.71. The minimum absolute atomic E-state index is 0.0340. The van der Waals surface area contributed by atoms with Crippen LogP contribution >= 0.6 is 0 Å². The predicted octanol–water partition coefficient (Wildman–Crippen LogP) is 4.79. The molecule has 0 aromatic carbocycles. The number of piperidine rings is 1. The fourth-order valence-corrected chi connectivity index (χ4v) is 3.11. The van der Waals surface area contributed by atoms with E-state index in [2.05, 4.69) is 18.7 Å². The number of rotatable bonds is 12. The van der Waals surface area contributed by atoms with Gasteiger partial charge in [0.15, 0.2) is 0 Å². The smallest absolute Gasteiger partial charge is 0.320 e. The van der Waals surface area contributed by atoms with Crippen LogP contribution in [0.3, 0.4) is 0 Å². The van der Waals surface area contributed by atoms with Crippen LogP contribution in [0.2, 0.25) is 0 Å². The maximum absolute atomic E-state index is 11.8. The van der Waals surface area contributed by atoms with Crippen LogP contribution in [0.15, 0.2) is 0 Å². The van der Waals surface area contributed by atoms with Crippen molar-refractivity contribution in [3.8, 4) is 0 Å². The molecule has 0 bridgehead atoms. The lowest BCUT2D eigenvalue weighted by atomic mass is 10.0. The maximum Gasteiger partial charge on any atom is 0.320 e. The lowest BCUT2D eigenvalue weighted by Crippen LogP contribution is -2.35. The van der Waals surface area contributed by atoms with Gasteiger partial charge in [-0.2, -0.15) is 0 Å². The van der Waals surface area contributed by atoms with E-state index in [1.165, 1.54) is 70.6 Å². The zero-order valence-electron chi connectivity index (χ0n) is 14.9. The van der Waals surface area contributed by atoms with E-state index in [0.29, 0.717) is 19.1 Å². The Labute approximate surface area is 137 Å². The van der Waals surface area contributed by atoms with Crippen LogP contribution < -0.4 is 0 Å². The highest BCUT2D eigenvalue weighted by Gasteiger charge is 2.15. The number of hydrogen-bond acceptors (Lipinski definition) is 3. The topological polar surface area (TPSA) is 29.5 Å². The number of esters is 1. The molecule has 22 heavy (non-hydrogen) atoms. The first-order valence-corrected chi connectivity index (χ1v) is 9.60. The summed E-state index contributed by atoms with van der Waals surface area (Å²) in [5.74, 6) is 0.467. The van der Waals surface area contributed by atoms with Crippen LogP contribution in [0.1, 0.15) is 84.5 Å². The zero-order chi connectivity index (χ0) is 16.0. The van der Waals surface area contributed by atoms with Crippen molar-refractivity contribution in [1.82, 2.24) is 4.90 Å². The molecule has 0 saturated carbocycles. The van der Waals surface area contributed by atoms with Crippen molar-refractivity contribution in [1.29, 1.82) is 0 Å². The van der Waals surface area contributed by atoms with Crippen molar-refractivity contribution in [2.75, 3.05) is 26.2 Å². The molecule has 0 unspecified atom stereocenters. The van der Waals surface area contributed by atoms with Gasteiger partial charge in [-0.3, -0.25) is 9.69 Å². The lowest BCUT2D eigenvalue weighted by molar-refractivity contribution is -0.146. The van der Waals surface area contributed by atoms with E-state index in [4.69, 9.17) is 4.74 Å². The van der Waals surface area contributed by atoms with E-state index < -0.39 is 0 Å². The van der Waals surface area contributed by atoms with Gasteiger partial charge in [0.05, 0.1) is 13.2 Å². The molecule has 0 amide bonds. The van der Waals surface area contributed by atoms with Crippen LogP contribution in [0, 0.1) is 5.92 Å². The predicted molar refractivity (Wildman–Crippen MR) is 93.0 cm³/mol. The third kappa shape index (κ3) is 10.2. The minimum atomic E-state index is -0.0340. The third-order valence-electron chi connectivity index (χ3n) is 4.63. The second-order valence-corrected chi connectivity index (χ2v) is 7.03. The fraction of sp³-hybridized carbons (Fsp3) is 0.947. The van der Waals surface area contributed by atoms with Gasteiger partial charge in [0.1, 0.15) is 0 Å². The van der Waals surface area contributed by atoms with Gasteiger partial charge in [0.25, 0.3) is 0 Å². The third-order valence-corrected chi connectivity index (χ3v) is 4.63. The summed E-state index contributed by atoms with van der Waals surface area (Å²) in [4.78, 5) is 14.1. The van der Waals surface area contributed by atoms with E-state index in [0.717, 1.165) is 13.1 Å². The van der Waals surface area contributed by atoms with Crippen molar-refractivity contribution in [2.24, 2.45) is 5.92 Å². The van der Waals surface area contributed by atoms with Crippen LogP contribution in [0.4, 0.5) is 0 Å². The van der Waals surface area contributed by atoms with Crippen molar-refractivity contribution in [3.63, 3.8) is 0 Å². The quantitative estimate of drug-likeness (QED) is 0.383. The molecule has 1 rings (SSSR count). The van der Waals surface area contributed by atoms with Gasteiger partial charge in [0.2, 0.25) is 0 Å². The molecule has 3 heteroatoms. The number of hydrogen-bond donors (Lipinski definition) is 0. The molecule has 0 aromatic rings. The Morgan fingerprint density at radius 3 is 2.32 bits per heavy atom. The van der Waals surface area contributed by atoms with E-state index in [9.17, 15) is 4.79 Å². The molecule has 1 saturated heterocycles. The standard InChI is InChI=1S/C19H37NO2/c1-3-4-5-6-7-8-10-13-18(2)17-22-19(21)16-20-14-11-9-12-15-20/h18H,3-17H2,1-2H3/t18-/m0/s1. The molecule has 0 aromatic heterocycles. The van der Waals surface area contributed by atoms with Gasteiger partial charge in [-0.25, -0.2) is 0 Å². The van der Waals surface area contributed by atoms with Crippen molar-refractivity contribution < 1.29 is 9.53 Å². The Kier molecular flexibility index (Phi) is 11.4.